The molecule has 0 aromatic heterocycles. The second kappa shape index (κ2) is 23.5. The van der Waals surface area contributed by atoms with Crippen LogP contribution in [0.5, 0.6) is 0 Å². The van der Waals surface area contributed by atoms with E-state index in [1.165, 1.54) is 0 Å². The van der Waals surface area contributed by atoms with Gasteiger partial charge in [0.2, 0.25) is 0 Å². The summed E-state index contributed by atoms with van der Waals surface area (Å²) in [5.74, 6) is 0. The van der Waals surface area contributed by atoms with Gasteiger partial charge < -0.3 is 75.0 Å². The molecule has 0 heterocycles. The number of hydrogen-bond donors (Lipinski definition) is 9. The normalized spacial score (nSPS) is 17.9. The van der Waals surface area contributed by atoms with Gasteiger partial charge in [-0.3, -0.25) is 0 Å². The van der Waals surface area contributed by atoms with Gasteiger partial charge in [-0.2, -0.15) is 0 Å². The number of ether oxygens (including phenoxy) is 6. The van der Waals surface area contributed by atoms with E-state index < -0.39 is 69.1 Å². The molecule has 0 aliphatic heterocycles. The van der Waals surface area contributed by atoms with E-state index in [1.54, 1.807) is 0 Å². The SMILES string of the molecule is NC(COCC(COCC(O)CO)OCC(O)CO)COCC(COCC(O)CO)OCC(O)CO. The van der Waals surface area contributed by atoms with Crippen LogP contribution in [0.25, 0.3) is 0 Å². The number of rotatable bonds is 26. The lowest BCUT2D eigenvalue weighted by Gasteiger charge is -2.22. The third-order valence-electron chi connectivity index (χ3n) is 4.39. The van der Waals surface area contributed by atoms with Crippen molar-refractivity contribution in [2.24, 2.45) is 5.73 Å². The van der Waals surface area contributed by atoms with Gasteiger partial charge in [0, 0.05) is 0 Å². The van der Waals surface area contributed by atoms with E-state index >= 15 is 0 Å². The van der Waals surface area contributed by atoms with Crippen LogP contribution in [0.2, 0.25) is 0 Å². The molecule has 0 aromatic carbocycles. The van der Waals surface area contributed by atoms with Crippen LogP contribution in [0.15, 0.2) is 0 Å². The van der Waals surface area contributed by atoms with E-state index in [9.17, 15) is 20.4 Å². The Morgan fingerprint density at radius 2 is 0.694 bits per heavy atom. The largest absolute Gasteiger partial charge is 0.394 e. The Balaban J connectivity index is 4.39. The molecular formula is C21H45NO14. The minimum atomic E-state index is -1.07. The molecule has 6 unspecified atom stereocenters. The van der Waals surface area contributed by atoms with Gasteiger partial charge in [-0.1, -0.05) is 0 Å². The molecule has 0 radical (unpaired) electrons. The predicted molar refractivity (Wildman–Crippen MR) is 123 cm³/mol. The maximum Gasteiger partial charge on any atom is 0.104 e. The molecule has 0 saturated carbocycles. The van der Waals surface area contributed by atoms with E-state index in [-0.39, 0.29) is 66.1 Å². The van der Waals surface area contributed by atoms with Crippen molar-refractivity contribution in [3.05, 3.63) is 0 Å². The monoisotopic (exact) mass is 535 g/mol. The highest BCUT2D eigenvalue weighted by molar-refractivity contribution is 4.65. The molecule has 0 amide bonds. The Bertz CT molecular complexity index is 440. The van der Waals surface area contributed by atoms with Gasteiger partial charge >= 0.3 is 0 Å². The van der Waals surface area contributed by atoms with E-state index in [0.717, 1.165) is 0 Å². The van der Waals surface area contributed by atoms with Crippen LogP contribution in [0, 0.1) is 0 Å². The lowest BCUT2D eigenvalue weighted by molar-refractivity contribution is -0.105. The summed E-state index contributed by atoms with van der Waals surface area (Å²) in [5.41, 5.74) is 5.99. The molecule has 0 spiro atoms. The van der Waals surface area contributed by atoms with Crippen LogP contribution in [0.1, 0.15) is 0 Å². The summed E-state index contributed by atoms with van der Waals surface area (Å²) in [6.07, 6.45) is -5.48. The first-order valence-electron chi connectivity index (χ1n) is 11.7. The van der Waals surface area contributed by atoms with Gasteiger partial charge in [-0.05, 0) is 0 Å². The molecule has 36 heavy (non-hydrogen) atoms. The Morgan fingerprint density at radius 3 is 1.00 bits per heavy atom. The van der Waals surface area contributed by atoms with Crippen molar-refractivity contribution >= 4 is 0 Å². The summed E-state index contributed by atoms with van der Waals surface area (Å²) >= 11 is 0. The molecule has 0 aliphatic rings. The van der Waals surface area contributed by atoms with Crippen molar-refractivity contribution in [2.75, 3.05) is 92.5 Å². The quantitative estimate of drug-likeness (QED) is 0.0502. The number of nitrogens with two attached hydrogens (primary N) is 1. The number of aliphatic hydroxyl groups excluding tert-OH is 8. The molecule has 0 fully saturated rings. The standard InChI is InChI=1S/C21H45NO14/c22-15(5-31-11-20(35-9-18(29)3-25)13-33-7-16(27)1-23)6-32-12-21(36-10-19(30)4-26)14-34-8-17(28)2-24/h15-21,23-30H,1-14,22H2. The van der Waals surface area contributed by atoms with Crippen molar-refractivity contribution in [2.45, 2.75) is 42.7 Å². The first kappa shape index (κ1) is 35.4. The highest BCUT2D eigenvalue weighted by Crippen LogP contribution is 2.02. The molecule has 0 aliphatic carbocycles. The average molecular weight is 536 g/mol. The average Bonchev–Trinajstić information content (AvgIpc) is 2.88. The van der Waals surface area contributed by atoms with Gasteiger partial charge in [0.25, 0.3) is 0 Å². The van der Waals surface area contributed by atoms with Crippen LogP contribution in [0.3, 0.4) is 0 Å². The van der Waals surface area contributed by atoms with Gasteiger partial charge in [0.15, 0.2) is 0 Å². The smallest absolute Gasteiger partial charge is 0.104 e. The Kier molecular flexibility index (Phi) is 23.1. The van der Waals surface area contributed by atoms with Crippen LogP contribution < -0.4 is 5.73 Å². The van der Waals surface area contributed by atoms with Crippen LogP contribution in [0.4, 0.5) is 0 Å². The van der Waals surface area contributed by atoms with Gasteiger partial charge in [-0.25, -0.2) is 0 Å². The van der Waals surface area contributed by atoms with Crippen molar-refractivity contribution in [3.63, 3.8) is 0 Å². The highest BCUT2D eigenvalue weighted by Gasteiger charge is 2.17. The molecule has 0 saturated heterocycles. The highest BCUT2D eigenvalue weighted by atomic mass is 16.6. The molecule has 0 aromatic rings. The van der Waals surface area contributed by atoms with Crippen molar-refractivity contribution < 1.29 is 69.3 Å². The van der Waals surface area contributed by atoms with Crippen molar-refractivity contribution in [1.29, 1.82) is 0 Å². The van der Waals surface area contributed by atoms with Crippen molar-refractivity contribution in [3.8, 4) is 0 Å². The van der Waals surface area contributed by atoms with E-state index in [1.807, 2.05) is 0 Å². The minimum absolute atomic E-state index is 0.00460. The molecule has 0 bridgehead atoms. The number of hydrogen-bond acceptors (Lipinski definition) is 15. The molecule has 6 atom stereocenters. The molecule has 0 rings (SSSR count). The zero-order valence-electron chi connectivity index (χ0n) is 20.5. The first-order chi connectivity index (χ1) is 17.2. The Hall–Kier alpha value is -0.600. The van der Waals surface area contributed by atoms with Gasteiger partial charge in [0.1, 0.15) is 36.6 Å². The summed E-state index contributed by atoms with van der Waals surface area (Å²) in [6, 6.07) is -0.536. The summed E-state index contributed by atoms with van der Waals surface area (Å²) in [4.78, 5) is 0. The summed E-state index contributed by atoms with van der Waals surface area (Å²) in [6.45, 7) is -2.17. The Labute approximate surface area is 210 Å². The van der Waals surface area contributed by atoms with E-state index in [0.29, 0.717) is 0 Å². The third-order valence-corrected chi connectivity index (χ3v) is 4.39. The summed E-state index contributed by atoms with van der Waals surface area (Å²) in [7, 11) is 0. The molecule has 218 valence electrons. The molecule has 15 heteroatoms. The zero-order chi connectivity index (χ0) is 27.2. The second-order valence-electron chi connectivity index (χ2n) is 8.17. The Morgan fingerprint density at radius 1 is 0.417 bits per heavy atom. The lowest BCUT2D eigenvalue weighted by atomic mass is 10.3. The molecule has 15 nitrogen and oxygen atoms in total. The lowest BCUT2D eigenvalue weighted by Crippen LogP contribution is -2.37. The predicted octanol–water partition coefficient (Wildman–Crippen LogP) is -5.44. The molecular weight excluding hydrogens is 490 g/mol. The fourth-order valence-corrected chi connectivity index (χ4v) is 2.41. The minimum Gasteiger partial charge on any atom is -0.394 e. The summed E-state index contributed by atoms with van der Waals surface area (Å²) < 4.78 is 32.5. The number of aliphatic hydroxyl groups is 8. The van der Waals surface area contributed by atoms with E-state index in [2.05, 4.69) is 0 Å². The van der Waals surface area contributed by atoms with Crippen LogP contribution in [-0.4, -0.2) is 176 Å². The fraction of sp³-hybridized carbons (Fsp3) is 1.00. The van der Waals surface area contributed by atoms with E-state index in [4.69, 9.17) is 54.6 Å². The van der Waals surface area contributed by atoms with Crippen LogP contribution >= 0.6 is 0 Å². The maximum absolute atomic E-state index is 9.46. The van der Waals surface area contributed by atoms with Gasteiger partial charge in [0.05, 0.1) is 98.5 Å². The van der Waals surface area contributed by atoms with Crippen LogP contribution in [-0.2, 0) is 28.4 Å². The molecule has 10 N–H and O–H groups in total. The van der Waals surface area contributed by atoms with Gasteiger partial charge in [-0.15, -0.1) is 0 Å². The van der Waals surface area contributed by atoms with Crippen molar-refractivity contribution in [1.82, 2.24) is 0 Å². The fourth-order valence-electron chi connectivity index (χ4n) is 2.41. The summed E-state index contributed by atoms with van der Waals surface area (Å²) in [5, 5.41) is 73.1. The third kappa shape index (κ3) is 20.5. The maximum atomic E-state index is 9.46. The first-order valence-corrected chi connectivity index (χ1v) is 11.7. The topological polar surface area (TPSA) is 243 Å². The second-order valence-corrected chi connectivity index (χ2v) is 8.17. The zero-order valence-corrected chi connectivity index (χ0v) is 20.5.